The van der Waals surface area contributed by atoms with Crippen molar-refractivity contribution >= 4 is 10.9 Å². The van der Waals surface area contributed by atoms with Crippen molar-refractivity contribution in [3.8, 4) is 5.75 Å². The van der Waals surface area contributed by atoms with Crippen LogP contribution in [0, 0.1) is 0 Å². The topological polar surface area (TPSA) is 14.2 Å². The Morgan fingerprint density at radius 3 is 2.75 bits per heavy atom. The third kappa shape index (κ3) is 1.92. The molecule has 0 unspecified atom stereocenters. The molecule has 1 aromatic heterocycles. The van der Waals surface area contributed by atoms with Gasteiger partial charge in [-0.25, -0.2) is 0 Å². The lowest BCUT2D eigenvalue weighted by molar-refractivity contribution is 0.321. The van der Waals surface area contributed by atoms with Crippen molar-refractivity contribution in [3.63, 3.8) is 0 Å². The molecule has 1 aromatic carbocycles. The summed E-state index contributed by atoms with van der Waals surface area (Å²) in [5.74, 6) is 0.999. The van der Waals surface area contributed by atoms with Crippen LogP contribution >= 0.6 is 0 Å². The van der Waals surface area contributed by atoms with Gasteiger partial charge in [-0.2, -0.15) is 0 Å². The average molecular weight is 217 g/mol. The standard InChI is InChI=1S/C14H19NO/c1-4-10-16-14-7-5-6-13-12(14)8-9-15(13)11(2)3/h5-9,11H,4,10H2,1-3H3. The van der Waals surface area contributed by atoms with Crippen molar-refractivity contribution in [2.45, 2.75) is 33.2 Å². The largest absolute Gasteiger partial charge is 0.493 e. The van der Waals surface area contributed by atoms with Crippen LogP contribution in [-0.4, -0.2) is 11.2 Å². The lowest BCUT2D eigenvalue weighted by Gasteiger charge is -2.10. The maximum Gasteiger partial charge on any atom is 0.128 e. The summed E-state index contributed by atoms with van der Waals surface area (Å²) in [4.78, 5) is 0. The van der Waals surface area contributed by atoms with Gasteiger partial charge in [-0.3, -0.25) is 0 Å². The smallest absolute Gasteiger partial charge is 0.128 e. The monoisotopic (exact) mass is 217 g/mol. The maximum atomic E-state index is 5.75. The Morgan fingerprint density at radius 2 is 2.06 bits per heavy atom. The van der Waals surface area contributed by atoms with Gasteiger partial charge in [0.05, 0.1) is 12.1 Å². The number of aromatic nitrogens is 1. The summed E-state index contributed by atoms with van der Waals surface area (Å²) < 4.78 is 8.02. The fourth-order valence-corrected chi connectivity index (χ4v) is 1.95. The summed E-state index contributed by atoms with van der Waals surface area (Å²) >= 11 is 0. The molecule has 16 heavy (non-hydrogen) atoms. The first kappa shape index (κ1) is 11.1. The number of hydrogen-bond donors (Lipinski definition) is 0. The summed E-state index contributed by atoms with van der Waals surface area (Å²) in [6.07, 6.45) is 3.18. The molecule has 2 heteroatoms. The lowest BCUT2D eigenvalue weighted by atomic mass is 10.2. The molecule has 0 spiro atoms. The summed E-state index contributed by atoms with van der Waals surface area (Å²) in [5, 5.41) is 1.21. The van der Waals surface area contributed by atoms with Gasteiger partial charge in [0.2, 0.25) is 0 Å². The predicted molar refractivity (Wildman–Crippen MR) is 68.1 cm³/mol. The van der Waals surface area contributed by atoms with Crippen LogP contribution < -0.4 is 4.74 Å². The molecule has 0 radical (unpaired) electrons. The molecule has 2 aromatic rings. The Morgan fingerprint density at radius 1 is 1.25 bits per heavy atom. The Balaban J connectivity index is 2.45. The molecule has 0 bridgehead atoms. The van der Waals surface area contributed by atoms with E-state index in [1.165, 1.54) is 10.9 Å². The molecule has 2 nitrogen and oxygen atoms in total. The summed E-state index contributed by atoms with van der Waals surface area (Å²) in [7, 11) is 0. The number of ether oxygens (including phenoxy) is 1. The summed E-state index contributed by atoms with van der Waals surface area (Å²) in [6.45, 7) is 7.30. The molecule has 2 rings (SSSR count). The van der Waals surface area contributed by atoms with Gasteiger partial charge in [0.25, 0.3) is 0 Å². The summed E-state index contributed by atoms with van der Waals surface area (Å²) in [5.41, 5.74) is 1.25. The minimum Gasteiger partial charge on any atom is -0.493 e. The van der Waals surface area contributed by atoms with Gasteiger partial charge in [-0.05, 0) is 38.5 Å². The SMILES string of the molecule is CCCOc1cccc2c1ccn2C(C)C. The van der Waals surface area contributed by atoms with E-state index in [9.17, 15) is 0 Å². The van der Waals surface area contributed by atoms with Gasteiger partial charge in [0, 0.05) is 17.6 Å². The zero-order chi connectivity index (χ0) is 11.5. The van der Waals surface area contributed by atoms with Crippen LogP contribution in [0.2, 0.25) is 0 Å². The highest BCUT2D eigenvalue weighted by Crippen LogP contribution is 2.28. The lowest BCUT2D eigenvalue weighted by Crippen LogP contribution is -1.99. The van der Waals surface area contributed by atoms with Gasteiger partial charge >= 0.3 is 0 Å². The number of nitrogens with zero attached hydrogens (tertiary/aromatic N) is 1. The van der Waals surface area contributed by atoms with Crippen molar-refractivity contribution in [1.82, 2.24) is 4.57 Å². The third-order valence-electron chi connectivity index (χ3n) is 2.74. The second-order valence-corrected chi connectivity index (χ2v) is 4.35. The highest BCUT2D eigenvalue weighted by molar-refractivity contribution is 5.86. The summed E-state index contributed by atoms with van der Waals surface area (Å²) in [6, 6.07) is 8.88. The van der Waals surface area contributed by atoms with E-state index in [1.54, 1.807) is 0 Å². The molecule has 86 valence electrons. The molecule has 0 aliphatic heterocycles. The van der Waals surface area contributed by atoms with Crippen molar-refractivity contribution in [3.05, 3.63) is 30.5 Å². The molecule has 0 saturated carbocycles. The fraction of sp³-hybridized carbons (Fsp3) is 0.429. The molecule has 1 heterocycles. The van der Waals surface area contributed by atoms with Crippen molar-refractivity contribution < 1.29 is 4.74 Å². The van der Waals surface area contributed by atoms with Gasteiger partial charge in [-0.15, -0.1) is 0 Å². The van der Waals surface area contributed by atoms with Crippen molar-refractivity contribution in [2.24, 2.45) is 0 Å². The Hall–Kier alpha value is -1.44. The second kappa shape index (κ2) is 4.60. The number of hydrogen-bond acceptors (Lipinski definition) is 1. The Kier molecular flexibility index (Phi) is 3.18. The van der Waals surface area contributed by atoms with E-state index in [2.05, 4.69) is 49.7 Å². The van der Waals surface area contributed by atoms with Crippen LogP contribution in [-0.2, 0) is 0 Å². The average Bonchev–Trinajstić information content (AvgIpc) is 2.70. The zero-order valence-corrected chi connectivity index (χ0v) is 10.2. The predicted octanol–water partition coefficient (Wildman–Crippen LogP) is 4.01. The Bertz CT molecular complexity index is 471. The number of fused-ring (bicyclic) bond motifs is 1. The van der Waals surface area contributed by atoms with Crippen LogP contribution in [0.15, 0.2) is 30.5 Å². The van der Waals surface area contributed by atoms with Gasteiger partial charge in [-0.1, -0.05) is 13.0 Å². The first-order chi connectivity index (χ1) is 7.74. The van der Waals surface area contributed by atoms with E-state index in [1.807, 2.05) is 6.07 Å². The van der Waals surface area contributed by atoms with Gasteiger partial charge < -0.3 is 9.30 Å². The third-order valence-corrected chi connectivity index (χ3v) is 2.74. The molecule has 0 saturated heterocycles. The Labute approximate surface area is 96.8 Å². The first-order valence-corrected chi connectivity index (χ1v) is 5.96. The second-order valence-electron chi connectivity index (χ2n) is 4.35. The number of benzene rings is 1. The van der Waals surface area contributed by atoms with E-state index >= 15 is 0 Å². The van der Waals surface area contributed by atoms with Crippen LogP contribution in [0.3, 0.4) is 0 Å². The van der Waals surface area contributed by atoms with Crippen LogP contribution in [0.4, 0.5) is 0 Å². The fourth-order valence-electron chi connectivity index (χ4n) is 1.95. The van der Waals surface area contributed by atoms with Gasteiger partial charge in [0.15, 0.2) is 0 Å². The van der Waals surface area contributed by atoms with E-state index < -0.39 is 0 Å². The van der Waals surface area contributed by atoms with Gasteiger partial charge in [0.1, 0.15) is 5.75 Å². The first-order valence-electron chi connectivity index (χ1n) is 5.96. The minimum atomic E-state index is 0.485. The van der Waals surface area contributed by atoms with E-state index in [0.717, 1.165) is 18.8 Å². The molecule has 0 aliphatic carbocycles. The molecule has 0 N–H and O–H groups in total. The minimum absolute atomic E-state index is 0.485. The van der Waals surface area contributed by atoms with E-state index in [0.29, 0.717) is 6.04 Å². The normalized spacial score (nSPS) is 11.2. The van der Waals surface area contributed by atoms with Crippen molar-refractivity contribution in [2.75, 3.05) is 6.61 Å². The van der Waals surface area contributed by atoms with E-state index in [-0.39, 0.29) is 0 Å². The molecule has 0 atom stereocenters. The van der Waals surface area contributed by atoms with Crippen LogP contribution in [0.25, 0.3) is 10.9 Å². The maximum absolute atomic E-state index is 5.75. The number of rotatable bonds is 4. The molecule has 0 fully saturated rings. The highest BCUT2D eigenvalue weighted by Gasteiger charge is 2.07. The van der Waals surface area contributed by atoms with E-state index in [4.69, 9.17) is 4.74 Å². The van der Waals surface area contributed by atoms with Crippen LogP contribution in [0.1, 0.15) is 33.2 Å². The zero-order valence-electron chi connectivity index (χ0n) is 10.2. The molecule has 0 amide bonds. The quantitative estimate of drug-likeness (QED) is 0.754. The molecular formula is C14H19NO. The highest BCUT2D eigenvalue weighted by atomic mass is 16.5. The van der Waals surface area contributed by atoms with Crippen molar-refractivity contribution in [1.29, 1.82) is 0 Å². The molecular weight excluding hydrogens is 198 g/mol. The van der Waals surface area contributed by atoms with Crippen LogP contribution in [0.5, 0.6) is 5.75 Å². The molecule has 0 aliphatic rings.